The third-order valence-corrected chi connectivity index (χ3v) is 4.80. The minimum absolute atomic E-state index is 0.187. The number of nitrogens with one attached hydrogen (secondary N) is 1. The maximum Gasteiger partial charge on any atom is 0.346 e. The van der Waals surface area contributed by atoms with Crippen molar-refractivity contribution >= 4 is 11.6 Å². The van der Waals surface area contributed by atoms with E-state index in [4.69, 9.17) is 0 Å². The average Bonchev–Trinajstić information content (AvgIpc) is 2.74. The fourth-order valence-electron chi connectivity index (χ4n) is 3.32. The molecule has 0 bridgehead atoms. The Morgan fingerprint density at radius 3 is 2.32 bits per heavy atom. The first-order chi connectivity index (χ1) is 13.6. The molecule has 7 heteroatoms. The van der Waals surface area contributed by atoms with Crippen LogP contribution in [0.2, 0.25) is 0 Å². The van der Waals surface area contributed by atoms with Gasteiger partial charge in [-0.1, -0.05) is 18.2 Å². The minimum atomic E-state index is -0.604. The Hall–Kier alpha value is -3.48. The number of H-pyrrole nitrogens is 1. The molecule has 1 amide bonds. The minimum Gasteiger partial charge on any atom is -0.368 e. The highest BCUT2D eigenvalue weighted by Crippen LogP contribution is 2.19. The summed E-state index contributed by atoms with van der Waals surface area (Å²) in [5, 5.41) is 0. The summed E-state index contributed by atoms with van der Waals surface area (Å²) in [6, 6.07) is 17.2. The molecule has 0 unspecified atom stereocenters. The molecule has 3 aromatic rings. The maximum atomic E-state index is 13.1. The third-order valence-electron chi connectivity index (χ3n) is 4.80. The highest BCUT2D eigenvalue weighted by molar-refractivity contribution is 5.93. The second-order valence-corrected chi connectivity index (χ2v) is 6.61. The number of piperazine rings is 1. The van der Waals surface area contributed by atoms with E-state index in [0.717, 1.165) is 18.8 Å². The van der Waals surface area contributed by atoms with Crippen molar-refractivity contribution in [2.45, 2.75) is 0 Å². The molecule has 28 heavy (non-hydrogen) atoms. The zero-order valence-electron chi connectivity index (χ0n) is 15.1. The second-order valence-electron chi connectivity index (χ2n) is 6.61. The molecule has 2 aromatic carbocycles. The van der Waals surface area contributed by atoms with Crippen LogP contribution < -0.4 is 10.6 Å². The second kappa shape index (κ2) is 7.64. The third kappa shape index (κ3) is 3.78. The molecule has 1 aliphatic heterocycles. The number of benzene rings is 2. The molecule has 1 N–H and O–H groups in total. The summed E-state index contributed by atoms with van der Waals surface area (Å²) < 4.78 is 13.1. The Labute approximate surface area is 161 Å². The van der Waals surface area contributed by atoms with E-state index >= 15 is 0 Å². The lowest BCUT2D eigenvalue weighted by molar-refractivity contribution is 0.0740. The molecular weight excluding hydrogens is 359 g/mol. The van der Waals surface area contributed by atoms with E-state index in [2.05, 4.69) is 14.9 Å². The van der Waals surface area contributed by atoms with Gasteiger partial charge in [0.1, 0.15) is 11.5 Å². The van der Waals surface area contributed by atoms with Crippen LogP contribution in [0.1, 0.15) is 10.5 Å². The van der Waals surface area contributed by atoms with Crippen molar-refractivity contribution < 1.29 is 9.18 Å². The molecule has 6 nitrogen and oxygen atoms in total. The monoisotopic (exact) mass is 378 g/mol. The average molecular weight is 378 g/mol. The van der Waals surface area contributed by atoms with Gasteiger partial charge >= 0.3 is 5.69 Å². The van der Waals surface area contributed by atoms with Gasteiger partial charge in [0.05, 0.1) is 5.69 Å². The molecule has 142 valence electrons. The van der Waals surface area contributed by atoms with Gasteiger partial charge in [-0.05, 0) is 42.5 Å². The Kier molecular flexibility index (Phi) is 4.89. The molecule has 0 radical (unpaired) electrons. The Balaban J connectivity index is 1.51. The zero-order valence-corrected chi connectivity index (χ0v) is 15.1. The number of hydrogen-bond acceptors (Lipinski definition) is 4. The molecule has 1 aromatic heterocycles. The topological polar surface area (TPSA) is 69.3 Å². The number of carbonyl (C=O) groups is 1. The summed E-state index contributed by atoms with van der Waals surface area (Å²) in [7, 11) is 0. The molecule has 1 saturated heterocycles. The predicted octanol–water partition coefficient (Wildman–Crippen LogP) is 2.54. The summed E-state index contributed by atoms with van der Waals surface area (Å²) in [4.78, 5) is 35.2. The van der Waals surface area contributed by atoms with E-state index < -0.39 is 5.69 Å². The fourth-order valence-corrected chi connectivity index (χ4v) is 3.32. The van der Waals surface area contributed by atoms with Crippen LogP contribution in [0, 0.1) is 5.82 Å². The number of halogens is 1. The first-order valence-electron chi connectivity index (χ1n) is 9.07. The van der Waals surface area contributed by atoms with Crippen molar-refractivity contribution in [3.05, 3.63) is 82.7 Å². The summed E-state index contributed by atoms with van der Waals surface area (Å²) in [6.07, 6.45) is 0. The maximum absolute atomic E-state index is 13.1. The Morgan fingerprint density at radius 1 is 0.964 bits per heavy atom. The van der Waals surface area contributed by atoms with Gasteiger partial charge in [-0.15, -0.1) is 0 Å². The predicted molar refractivity (Wildman–Crippen MR) is 105 cm³/mol. The van der Waals surface area contributed by atoms with Crippen molar-refractivity contribution in [1.29, 1.82) is 0 Å². The highest BCUT2D eigenvalue weighted by Gasteiger charge is 2.23. The Morgan fingerprint density at radius 2 is 1.64 bits per heavy atom. The lowest BCUT2D eigenvalue weighted by atomic mass is 10.1. The van der Waals surface area contributed by atoms with Crippen LogP contribution >= 0.6 is 0 Å². The van der Waals surface area contributed by atoms with Gasteiger partial charge in [-0.25, -0.2) is 9.18 Å². The molecular formula is C21H19FN4O2. The first-order valence-corrected chi connectivity index (χ1v) is 9.07. The van der Waals surface area contributed by atoms with Gasteiger partial charge in [0.25, 0.3) is 5.91 Å². The highest BCUT2D eigenvalue weighted by atomic mass is 19.1. The SMILES string of the molecule is O=C(c1cc(-c2ccc(F)cc2)nc(=O)[nH]1)N1CCN(c2ccccc2)CC1. The smallest absolute Gasteiger partial charge is 0.346 e. The van der Waals surface area contributed by atoms with Gasteiger partial charge in [0.2, 0.25) is 0 Å². The van der Waals surface area contributed by atoms with Gasteiger partial charge in [-0.2, -0.15) is 4.98 Å². The molecule has 0 atom stereocenters. The van der Waals surface area contributed by atoms with E-state index in [9.17, 15) is 14.0 Å². The summed E-state index contributed by atoms with van der Waals surface area (Å²) in [5.74, 6) is -0.614. The molecule has 0 spiro atoms. The quantitative estimate of drug-likeness (QED) is 0.761. The number of aromatic nitrogens is 2. The number of para-hydroxylation sites is 1. The van der Waals surface area contributed by atoms with Crippen molar-refractivity contribution in [1.82, 2.24) is 14.9 Å². The zero-order chi connectivity index (χ0) is 19.5. The molecule has 1 aliphatic rings. The van der Waals surface area contributed by atoms with Crippen LogP contribution in [-0.4, -0.2) is 47.0 Å². The summed E-state index contributed by atoms with van der Waals surface area (Å²) in [6.45, 7) is 2.56. The van der Waals surface area contributed by atoms with Crippen LogP contribution in [0.4, 0.5) is 10.1 Å². The molecule has 4 rings (SSSR count). The van der Waals surface area contributed by atoms with Crippen molar-refractivity contribution in [2.24, 2.45) is 0 Å². The van der Waals surface area contributed by atoms with Gasteiger partial charge in [0.15, 0.2) is 0 Å². The van der Waals surface area contributed by atoms with Crippen LogP contribution in [0.5, 0.6) is 0 Å². The van der Waals surface area contributed by atoms with E-state index in [-0.39, 0.29) is 17.4 Å². The molecule has 2 heterocycles. The van der Waals surface area contributed by atoms with E-state index in [1.54, 1.807) is 11.0 Å². The standard InChI is InChI=1S/C21H19FN4O2/c22-16-8-6-15(7-9-16)18-14-19(24-21(28)23-18)20(27)26-12-10-25(11-13-26)17-4-2-1-3-5-17/h1-9,14H,10-13H2,(H,23,24,28). The molecule has 0 aliphatic carbocycles. The van der Waals surface area contributed by atoms with Crippen molar-refractivity contribution in [3.8, 4) is 11.3 Å². The number of rotatable bonds is 3. The van der Waals surface area contributed by atoms with Crippen LogP contribution in [-0.2, 0) is 0 Å². The van der Waals surface area contributed by atoms with Gasteiger partial charge < -0.3 is 14.8 Å². The number of nitrogens with zero attached hydrogens (tertiary/aromatic N) is 3. The molecule has 1 fully saturated rings. The van der Waals surface area contributed by atoms with Crippen molar-refractivity contribution in [3.63, 3.8) is 0 Å². The number of amides is 1. The van der Waals surface area contributed by atoms with E-state index in [1.165, 1.54) is 24.3 Å². The number of carbonyl (C=O) groups excluding carboxylic acids is 1. The van der Waals surface area contributed by atoms with Crippen LogP contribution in [0.25, 0.3) is 11.3 Å². The van der Waals surface area contributed by atoms with Gasteiger partial charge in [0, 0.05) is 37.4 Å². The van der Waals surface area contributed by atoms with E-state index in [1.807, 2.05) is 30.3 Å². The lowest BCUT2D eigenvalue weighted by Crippen LogP contribution is -2.49. The van der Waals surface area contributed by atoms with Crippen LogP contribution in [0.3, 0.4) is 0 Å². The first kappa shape index (κ1) is 17.9. The largest absolute Gasteiger partial charge is 0.368 e. The lowest BCUT2D eigenvalue weighted by Gasteiger charge is -2.36. The Bertz CT molecular complexity index is 1030. The van der Waals surface area contributed by atoms with Gasteiger partial charge in [-0.3, -0.25) is 4.79 Å². The van der Waals surface area contributed by atoms with Crippen LogP contribution in [0.15, 0.2) is 65.5 Å². The number of anilines is 1. The van der Waals surface area contributed by atoms with Crippen molar-refractivity contribution in [2.75, 3.05) is 31.1 Å². The summed E-state index contributed by atoms with van der Waals surface area (Å²) >= 11 is 0. The number of aromatic amines is 1. The number of hydrogen-bond donors (Lipinski definition) is 1. The fraction of sp³-hybridized carbons (Fsp3) is 0.190. The molecule has 0 saturated carbocycles. The normalized spacial score (nSPS) is 14.2. The van der Waals surface area contributed by atoms with E-state index in [0.29, 0.717) is 24.3 Å². The summed E-state index contributed by atoms with van der Waals surface area (Å²) in [5.41, 5.74) is 1.64.